The molecule has 2 heterocycles. The molecule has 0 fully saturated rings. The van der Waals surface area contributed by atoms with Crippen LogP contribution in [0.1, 0.15) is 18.5 Å². The van der Waals surface area contributed by atoms with Crippen molar-refractivity contribution in [2.45, 2.75) is 25.9 Å². The highest BCUT2D eigenvalue weighted by atomic mass is 16.3. The summed E-state index contributed by atoms with van der Waals surface area (Å²) < 4.78 is 5.28. The predicted octanol–water partition coefficient (Wildman–Crippen LogP) is 1.72. The van der Waals surface area contributed by atoms with Gasteiger partial charge in [-0.05, 0) is 19.1 Å². The van der Waals surface area contributed by atoms with Gasteiger partial charge in [0.25, 0.3) is 0 Å². The fourth-order valence-electron chi connectivity index (χ4n) is 1.47. The summed E-state index contributed by atoms with van der Waals surface area (Å²) in [6.07, 6.45) is 6.19. The monoisotopic (exact) mass is 205 g/mol. The lowest BCUT2D eigenvalue weighted by molar-refractivity contribution is 0.453. The summed E-state index contributed by atoms with van der Waals surface area (Å²) in [4.78, 5) is 7.20. The third-order valence-electron chi connectivity index (χ3n) is 2.26. The minimum absolute atomic E-state index is 0.376. The third-order valence-corrected chi connectivity index (χ3v) is 2.26. The van der Waals surface area contributed by atoms with Gasteiger partial charge in [-0.2, -0.15) is 0 Å². The van der Waals surface area contributed by atoms with E-state index in [1.54, 1.807) is 12.5 Å². The second-order valence-corrected chi connectivity index (χ2v) is 3.60. The van der Waals surface area contributed by atoms with Crippen molar-refractivity contribution in [1.29, 1.82) is 0 Å². The molecule has 0 aliphatic heterocycles. The molecule has 0 aliphatic carbocycles. The zero-order valence-electron chi connectivity index (χ0n) is 8.73. The molecule has 4 heteroatoms. The Hall–Kier alpha value is -1.55. The van der Waals surface area contributed by atoms with Crippen molar-refractivity contribution in [3.63, 3.8) is 0 Å². The molecule has 0 saturated carbocycles. The van der Waals surface area contributed by atoms with E-state index in [1.807, 2.05) is 18.3 Å². The van der Waals surface area contributed by atoms with Crippen LogP contribution in [-0.4, -0.2) is 16.0 Å². The molecule has 0 bridgehead atoms. The molecule has 4 nitrogen and oxygen atoms in total. The Morgan fingerprint density at radius 2 is 2.53 bits per heavy atom. The van der Waals surface area contributed by atoms with Crippen molar-refractivity contribution in [2.24, 2.45) is 0 Å². The van der Waals surface area contributed by atoms with Gasteiger partial charge >= 0.3 is 0 Å². The topological polar surface area (TPSA) is 53.9 Å². The van der Waals surface area contributed by atoms with E-state index in [2.05, 4.69) is 22.2 Å². The standard InChI is InChI=1S/C11H15N3O/c1-9(7-10-3-2-6-15-10)14-8-11-12-4-5-13-11/h2-6,9,14H,7-8H2,1H3,(H,12,13). The molecule has 0 amide bonds. The summed E-state index contributed by atoms with van der Waals surface area (Å²) in [6.45, 7) is 2.89. The molecule has 1 atom stereocenters. The van der Waals surface area contributed by atoms with E-state index in [-0.39, 0.29) is 0 Å². The first-order chi connectivity index (χ1) is 7.34. The Kier molecular flexibility index (Phi) is 3.19. The Labute approximate surface area is 88.7 Å². The molecule has 2 N–H and O–H groups in total. The molecule has 2 rings (SSSR count). The number of imidazole rings is 1. The zero-order valence-corrected chi connectivity index (χ0v) is 8.73. The normalized spacial score (nSPS) is 12.9. The smallest absolute Gasteiger partial charge is 0.120 e. The van der Waals surface area contributed by atoms with Gasteiger partial charge in [0.1, 0.15) is 11.6 Å². The Morgan fingerprint density at radius 1 is 1.60 bits per heavy atom. The van der Waals surface area contributed by atoms with E-state index in [4.69, 9.17) is 4.42 Å². The quantitative estimate of drug-likeness (QED) is 0.781. The molecule has 2 aromatic rings. The molecule has 80 valence electrons. The Balaban J connectivity index is 1.76. The SMILES string of the molecule is CC(Cc1ccco1)NCc1ncc[nH]1. The molecule has 0 spiro atoms. The summed E-state index contributed by atoms with van der Waals surface area (Å²) in [5, 5.41) is 3.37. The van der Waals surface area contributed by atoms with Crippen LogP contribution in [0.25, 0.3) is 0 Å². The van der Waals surface area contributed by atoms with Gasteiger partial charge in [0.05, 0.1) is 12.8 Å². The lowest BCUT2D eigenvalue weighted by Gasteiger charge is -2.10. The first-order valence-corrected chi connectivity index (χ1v) is 5.08. The number of H-pyrrole nitrogens is 1. The number of aromatic amines is 1. The molecule has 15 heavy (non-hydrogen) atoms. The van der Waals surface area contributed by atoms with Crippen LogP contribution >= 0.6 is 0 Å². The van der Waals surface area contributed by atoms with Crippen LogP contribution in [0.4, 0.5) is 0 Å². The molecule has 0 aromatic carbocycles. The van der Waals surface area contributed by atoms with Crippen molar-refractivity contribution in [3.8, 4) is 0 Å². The molecular formula is C11H15N3O. The molecule has 0 aliphatic rings. The average molecular weight is 205 g/mol. The second-order valence-electron chi connectivity index (χ2n) is 3.60. The Morgan fingerprint density at radius 3 is 3.20 bits per heavy atom. The van der Waals surface area contributed by atoms with Crippen LogP contribution < -0.4 is 5.32 Å². The lowest BCUT2D eigenvalue weighted by atomic mass is 10.2. The van der Waals surface area contributed by atoms with Gasteiger partial charge in [0, 0.05) is 24.9 Å². The van der Waals surface area contributed by atoms with Crippen LogP contribution in [-0.2, 0) is 13.0 Å². The molecule has 0 saturated heterocycles. The first kappa shape index (κ1) is 9.98. The van der Waals surface area contributed by atoms with Crippen molar-refractivity contribution >= 4 is 0 Å². The lowest BCUT2D eigenvalue weighted by Crippen LogP contribution is -2.27. The Bertz CT molecular complexity index is 366. The van der Waals surface area contributed by atoms with E-state index in [0.29, 0.717) is 6.04 Å². The molecular weight excluding hydrogens is 190 g/mol. The molecule has 2 aromatic heterocycles. The zero-order chi connectivity index (χ0) is 10.5. The van der Waals surface area contributed by atoms with Gasteiger partial charge < -0.3 is 14.7 Å². The van der Waals surface area contributed by atoms with Gasteiger partial charge in [-0.3, -0.25) is 0 Å². The largest absolute Gasteiger partial charge is 0.469 e. The first-order valence-electron chi connectivity index (χ1n) is 5.08. The minimum atomic E-state index is 0.376. The van der Waals surface area contributed by atoms with E-state index in [1.165, 1.54) is 0 Å². The number of hydrogen-bond donors (Lipinski definition) is 2. The van der Waals surface area contributed by atoms with Gasteiger partial charge in [0.2, 0.25) is 0 Å². The summed E-state index contributed by atoms with van der Waals surface area (Å²) in [5.41, 5.74) is 0. The highest BCUT2D eigenvalue weighted by molar-refractivity contribution is 5.00. The number of rotatable bonds is 5. The molecule has 1 unspecified atom stereocenters. The van der Waals surface area contributed by atoms with Gasteiger partial charge in [-0.15, -0.1) is 0 Å². The number of hydrogen-bond acceptors (Lipinski definition) is 3. The van der Waals surface area contributed by atoms with E-state index < -0.39 is 0 Å². The van der Waals surface area contributed by atoms with E-state index in [9.17, 15) is 0 Å². The maximum absolute atomic E-state index is 5.28. The summed E-state index contributed by atoms with van der Waals surface area (Å²) in [5.74, 6) is 1.97. The van der Waals surface area contributed by atoms with Crippen molar-refractivity contribution in [3.05, 3.63) is 42.4 Å². The summed E-state index contributed by atoms with van der Waals surface area (Å²) in [7, 11) is 0. The van der Waals surface area contributed by atoms with Crippen LogP contribution in [0.15, 0.2) is 35.2 Å². The number of furan rings is 1. The number of aromatic nitrogens is 2. The van der Waals surface area contributed by atoms with Gasteiger partial charge in [-0.25, -0.2) is 4.98 Å². The molecule has 0 radical (unpaired) electrons. The van der Waals surface area contributed by atoms with Crippen molar-refractivity contribution < 1.29 is 4.42 Å². The fourth-order valence-corrected chi connectivity index (χ4v) is 1.47. The minimum Gasteiger partial charge on any atom is -0.469 e. The fraction of sp³-hybridized carbons (Fsp3) is 0.364. The third kappa shape index (κ3) is 2.95. The number of nitrogens with one attached hydrogen (secondary N) is 2. The second kappa shape index (κ2) is 4.79. The van der Waals surface area contributed by atoms with Crippen LogP contribution in [0.5, 0.6) is 0 Å². The maximum Gasteiger partial charge on any atom is 0.120 e. The highest BCUT2D eigenvalue weighted by Gasteiger charge is 2.05. The van der Waals surface area contributed by atoms with E-state index >= 15 is 0 Å². The van der Waals surface area contributed by atoms with Crippen LogP contribution in [0.3, 0.4) is 0 Å². The van der Waals surface area contributed by atoms with Crippen LogP contribution in [0, 0.1) is 0 Å². The maximum atomic E-state index is 5.28. The van der Waals surface area contributed by atoms with Crippen LogP contribution in [0.2, 0.25) is 0 Å². The average Bonchev–Trinajstić information content (AvgIpc) is 2.86. The predicted molar refractivity (Wildman–Crippen MR) is 57.3 cm³/mol. The van der Waals surface area contributed by atoms with Crippen molar-refractivity contribution in [2.75, 3.05) is 0 Å². The summed E-state index contributed by atoms with van der Waals surface area (Å²) >= 11 is 0. The summed E-state index contributed by atoms with van der Waals surface area (Å²) in [6, 6.07) is 4.28. The van der Waals surface area contributed by atoms with E-state index in [0.717, 1.165) is 24.6 Å². The van der Waals surface area contributed by atoms with Gasteiger partial charge in [0.15, 0.2) is 0 Å². The van der Waals surface area contributed by atoms with Crippen molar-refractivity contribution in [1.82, 2.24) is 15.3 Å². The van der Waals surface area contributed by atoms with Gasteiger partial charge in [-0.1, -0.05) is 0 Å². The number of nitrogens with zero attached hydrogens (tertiary/aromatic N) is 1. The highest BCUT2D eigenvalue weighted by Crippen LogP contribution is 2.04.